The SMILES string of the molecule is O=Cc1coc2c(Cl)cc(F)cc12. The van der Waals surface area contributed by atoms with Crippen LogP contribution in [0.15, 0.2) is 22.8 Å². The molecule has 2 nitrogen and oxygen atoms in total. The molecule has 0 aliphatic rings. The first-order chi connectivity index (χ1) is 6.22. The fourth-order valence-corrected chi connectivity index (χ4v) is 1.42. The van der Waals surface area contributed by atoms with E-state index in [1.165, 1.54) is 12.3 Å². The van der Waals surface area contributed by atoms with Gasteiger partial charge < -0.3 is 4.42 Å². The van der Waals surface area contributed by atoms with E-state index in [2.05, 4.69) is 0 Å². The van der Waals surface area contributed by atoms with Gasteiger partial charge in [-0.15, -0.1) is 0 Å². The number of carbonyl (C=O) groups excluding carboxylic acids is 1. The summed E-state index contributed by atoms with van der Waals surface area (Å²) in [6.07, 6.45) is 1.85. The molecular weight excluding hydrogens is 195 g/mol. The van der Waals surface area contributed by atoms with Crippen molar-refractivity contribution in [1.29, 1.82) is 0 Å². The van der Waals surface area contributed by atoms with Gasteiger partial charge in [-0.1, -0.05) is 11.6 Å². The molecule has 0 amide bonds. The quantitative estimate of drug-likeness (QED) is 0.660. The number of halogens is 2. The van der Waals surface area contributed by atoms with E-state index in [-0.39, 0.29) is 5.02 Å². The van der Waals surface area contributed by atoms with Crippen LogP contribution in [-0.2, 0) is 0 Å². The molecule has 0 aliphatic heterocycles. The highest BCUT2D eigenvalue weighted by atomic mass is 35.5. The fraction of sp³-hybridized carbons (Fsp3) is 0. The Labute approximate surface area is 77.9 Å². The number of hydrogen-bond acceptors (Lipinski definition) is 2. The molecule has 0 bridgehead atoms. The molecule has 1 aromatic carbocycles. The Hall–Kier alpha value is -1.35. The summed E-state index contributed by atoms with van der Waals surface area (Å²) in [6, 6.07) is 2.36. The highest BCUT2D eigenvalue weighted by Crippen LogP contribution is 2.28. The second-order valence-corrected chi connectivity index (χ2v) is 2.98. The molecule has 0 fully saturated rings. The molecule has 0 unspecified atom stereocenters. The van der Waals surface area contributed by atoms with Crippen LogP contribution < -0.4 is 0 Å². The Morgan fingerprint density at radius 1 is 1.46 bits per heavy atom. The van der Waals surface area contributed by atoms with E-state index >= 15 is 0 Å². The summed E-state index contributed by atoms with van der Waals surface area (Å²) in [5.74, 6) is -0.484. The summed E-state index contributed by atoms with van der Waals surface area (Å²) in [5.41, 5.74) is 0.640. The smallest absolute Gasteiger partial charge is 0.153 e. The van der Waals surface area contributed by atoms with E-state index in [1.807, 2.05) is 0 Å². The van der Waals surface area contributed by atoms with E-state index in [9.17, 15) is 9.18 Å². The molecule has 4 heteroatoms. The Kier molecular flexibility index (Phi) is 1.81. The Balaban J connectivity index is 2.89. The molecule has 0 atom stereocenters. The molecule has 2 rings (SSSR count). The zero-order chi connectivity index (χ0) is 9.42. The standard InChI is InChI=1S/C9H4ClFO2/c10-8-2-6(11)1-7-5(3-12)4-13-9(7)8/h1-4H. The first kappa shape index (κ1) is 8.26. The van der Waals surface area contributed by atoms with Gasteiger partial charge in [0.25, 0.3) is 0 Å². The minimum atomic E-state index is -0.484. The Morgan fingerprint density at radius 3 is 2.92 bits per heavy atom. The van der Waals surface area contributed by atoms with Gasteiger partial charge in [0, 0.05) is 5.39 Å². The maximum Gasteiger partial charge on any atom is 0.153 e. The molecule has 66 valence electrons. The topological polar surface area (TPSA) is 30.2 Å². The maximum atomic E-state index is 12.8. The lowest BCUT2D eigenvalue weighted by Crippen LogP contribution is -1.78. The van der Waals surface area contributed by atoms with Gasteiger partial charge in [-0.05, 0) is 12.1 Å². The van der Waals surface area contributed by atoms with E-state index in [0.717, 1.165) is 6.07 Å². The predicted molar refractivity (Wildman–Crippen MR) is 46.6 cm³/mol. The van der Waals surface area contributed by atoms with Crippen molar-refractivity contribution in [3.05, 3.63) is 34.8 Å². The molecule has 0 N–H and O–H groups in total. The van der Waals surface area contributed by atoms with Crippen LogP contribution in [0.1, 0.15) is 10.4 Å². The summed E-state index contributed by atoms with van der Waals surface area (Å²) in [7, 11) is 0. The lowest BCUT2D eigenvalue weighted by atomic mass is 10.2. The third kappa shape index (κ3) is 1.21. The second-order valence-electron chi connectivity index (χ2n) is 2.57. The molecule has 1 heterocycles. The summed E-state index contributed by atoms with van der Waals surface area (Å²) in [5, 5.41) is 0.572. The second kappa shape index (κ2) is 2.85. The first-order valence-electron chi connectivity index (χ1n) is 3.54. The number of aldehydes is 1. The minimum Gasteiger partial charge on any atom is -0.462 e. The van der Waals surface area contributed by atoms with Crippen LogP contribution in [0.25, 0.3) is 11.0 Å². The largest absolute Gasteiger partial charge is 0.462 e. The number of furan rings is 1. The van der Waals surface area contributed by atoms with Crippen molar-refractivity contribution < 1.29 is 13.6 Å². The summed E-state index contributed by atoms with van der Waals surface area (Å²) >= 11 is 5.68. The third-order valence-corrected chi connectivity index (χ3v) is 2.03. The number of benzene rings is 1. The van der Waals surface area contributed by atoms with Gasteiger partial charge in [0.15, 0.2) is 11.9 Å². The summed E-state index contributed by atoms with van der Waals surface area (Å²) in [4.78, 5) is 10.5. The van der Waals surface area contributed by atoms with Gasteiger partial charge in [-0.2, -0.15) is 0 Å². The van der Waals surface area contributed by atoms with Crippen LogP contribution in [0, 0.1) is 5.82 Å². The van der Waals surface area contributed by atoms with Crippen molar-refractivity contribution in [2.24, 2.45) is 0 Å². The fourth-order valence-electron chi connectivity index (χ4n) is 1.17. The van der Waals surface area contributed by atoms with Gasteiger partial charge in [0.05, 0.1) is 10.6 Å². The van der Waals surface area contributed by atoms with Crippen LogP contribution >= 0.6 is 11.6 Å². The highest BCUT2D eigenvalue weighted by molar-refractivity contribution is 6.35. The van der Waals surface area contributed by atoms with Crippen LogP contribution in [0.5, 0.6) is 0 Å². The average molecular weight is 199 g/mol. The van der Waals surface area contributed by atoms with Gasteiger partial charge in [-0.25, -0.2) is 4.39 Å². The molecule has 2 aromatic rings. The first-order valence-corrected chi connectivity index (χ1v) is 3.91. The van der Waals surface area contributed by atoms with E-state index in [0.29, 0.717) is 22.8 Å². The molecule has 0 radical (unpaired) electrons. The number of hydrogen-bond donors (Lipinski definition) is 0. The molecular formula is C9H4ClFO2. The molecule has 1 aromatic heterocycles. The molecule has 0 saturated heterocycles. The van der Waals surface area contributed by atoms with Crippen LogP contribution in [0.4, 0.5) is 4.39 Å². The number of rotatable bonds is 1. The van der Waals surface area contributed by atoms with E-state index in [1.54, 1.807) is 0 Å². The highest BCUT2D eigenvalue weighted by Gasteiger charge is 2.09. The third-order valence-electron chi connectivity index (χ3n) is 1.75. The van der Waals surface area contributed by atoms with Gasteiger partial charge >= 0.3 is 0 Å². The number of fused-ring (bicyclic) bond motifs is 1. The van der Waals surface area contributed by atoms with E-state index < -0.39 is 5.82 Å². The van der Waals surface area contributed by atoms with Gasteiger partial charge in [0.2, 0.25) is 0 Å². The molecule has 13 heavy (non-hydrogen) atoms. The van der Waals surface area contributed by atoms with Crippen molar-refractivity contribution >= 4 is 28.9 Å². The van der Waals surface area contributed by atoms with E-state index in [4.69, 9.17) is 16.0 Å². The van der Waals surface area contributed by atoms with Crippen molar-refractivity contribution in [2.75, 3.05) is 0 Å². The van der Waals surface area contributed by atoms with Crippen molar-refractivity contribution in [3.63, 3.8) is 0 Å². The average Bonchev–Trinajstić information content (AvgIpc) is 2.47. The predicted octanol–water partition coefficient (Wildman–Crippen LogP) is 3.04. The van der Waals surface area contributed by atoms with Crippen molar-refractivity contribution in [3.8, 4) is 0 Å². The Morgan fingerprint density at radius 2 is 2.23 bits per heavy atom. The Bertz CT molecular complexity index is 476. The van der Waals surface area contributed by atoms with Gasteiger partial charge in [0.1, 0.15) is 12.1 Å². The normalized spacial score (nSPS) is 10.6. The van der Waals surface area contributed by atoms with Gasteiger partial charge in [-0.3, -0.25) is 4.79 Å². The molecule has 0 saturated carbocycles. The maximum absolute atomic E-state index is 12.8. The summed E-state index contributed by atoms with van der Waals surface area (Å²) < 4.78 is 17.8. The zero-order valence-corrected chi connectivity index (χ0v) is 7.14. The van der Waals surface area contributed by atoms with Crippen LogP contribution in [-0.4, -0.2) is 6.29 Å². The monoisotopic (exact) mass is 198 g/mol. The lowest BCUT2D eigenvalue weighted by Gasteiger charge is -1.92. The van der Waals surface area contributed by atoms with Crippen LogP contribution in [0.2, 0.25) is 5.02 Å². The van der Waals surface area contributed by atoms with Crippen molar-refractivity contribution in [1.82, 2.24) is 0 Å². The minimum absolute atomic E-state index is 0.170. The van der Waals surface area contributed by atoms with Crippen molar-refractivity contribution in [2.45, 2.75) is 0 Å². The lowest BCUT2D eigenvalue weighted by molar-refractivity contribution is 0.112. The molecule has 0 spiro atoms. The number of carbonyl (C=O) groups is 1. The zero-order valence-electron chi connectivity index (χ0n) is 6.38. The summed E-state index contributed by atoms with van der Waals surface area (Å²) in [6.45, 7) is 0. The molecule has 0 aliphatic carbocycles. The van der Waals surface area contributed by atoms with Crippen LogP contribution in [0.3, 0.4) is 0 Å².